The fourth-order valence-electron chi connectivity index (χ4n) is 3.37. The Morgan fingerprint density at radius 1 is 0.697 bits per heavy atom. The van der Waals surface area contributed by atoms with Gasteiger partial charge in [-0.05, 0) is 60.3 Å². The summed E-state index contributed by atoms with van der Waals surface area (Å²) in [7, 11) is 3.00. The maximum absolute atomic E-state index is 12.1. The number of hydrogen-bond acceptors (Lipinski definition) is 8. The predicted octanol–water partition coefficient (Wildman–Crippen LogP) is 5.64. The first-order chi connectivity index (χ1) is 15.8. The standard InChI is InChI=1S/C23H16N2O4S4/c1-24-20(26)10-12(21(24)27)9-13-3-5-15(30-13)17-7-8-18(32-17)16-6-4-14(31-16)11-19-22(28)25(2)23(29)33-19/h3-9,11H,10H2,1-2H3/b12-9+,19-11-. The van der Waals surface area contributed by atoms with E-state index >= 15 is 0 Å². The van der Waals surface area contributed by atoms with Crippen LogP contribution in [-0.2, 0) is 14.4 Å². The van der Waals surface area contributed by atoms with Crippen LogP contribution in [0.4, 0.5) is 4.79 Å². The van der Waals surface area contributed by atoms with E-state index in [9.17, 15) is 19.2 Å². The average molecular weight is 513 g/mol. The van der Waals surface area contributed by atoms with Crippen molar-refractivity contribution in [1.82, 2.24) is 9.80 Å². The van der Waals surface area contributed by atoms with E-state index in [1.54, 1.807) is 46.2 Å². The second kappa shape index (κ2) is 8.53. The maximum Gasteiger partial charge on any atom is 0.293 e. The van der Waals surface area contributed by atoms with Crippen LogP contribution in [0.2, 0.25) is 0 Å². The predicted molar refractivity (Wildman–Crippen MR) is 135 cm³/mol. The first kappa shape index (κ1) is 22.0. The van der Waals surface area contributed by atoms with Crippen LogP contribution in [0.3, 0.4) is 0 Å². The minimum Gasteiger partial charge on any atom is -0.282 e. The molecule has 0 atom stereocenters. The number of carbonyl (C=O) groups excluding carboxylic acids is 4. The molecule has 2 saturated heterocycles. The number of amides is 4. The van der Waals surface area contributed by atoms with Gasteiger partial charge in [0.15, 0.2) is 0 Å². The fourth-order valence-corrected chi connectivity index (χ4v) is 7.38. The third-order valence-corrected chi connectivity index (χ3v) is 9.72. The lowest BCUT2D eigenvalue weighted by atomic mass is 10.2. The smallest absolute Gasteiger partial charge is 0.282 e. The Hall–Kier alpha value is -2.79. The number of likely N-dealkylation sites (N-methyl/N-ethyl adjacent to an activating group) is 2. The third kappa shape index (κ3) is 4.15. The summed E-state index contributed by atoms with van der Waals surface area (Å²) in [5.74, 6) is -0.672. The molecule has 0 radical (unpaired) electrons. The lowest BCUT2D eigenvalue weighted by Crippen LogP contribution is -2.23. The lowest BCUT2D eigenvalue weighted by molar-refractivity contribution is -0.136. The van der Waals surface area contributed by atoms with Crippen molar-refractivity contribution in [2.75, 3.05) is 14.1 Å². The van der Waals surface area contributed by atoms with Crippen LogP contribution < -0.4 is 0 Å². The van der Waals surface area contributed by atoms with Crippen LogP contribution in [-0.4, -0.2) is 46.9 Å². The number of rotatable bonds is 4. The highest BCUT2D eigenvalue weighted by Gasteiger charge is 2.32. The molecular formula is C23H16N2O4S4. The van der Waals surface area contributed by atoms with E-state index in [0.717, 1.165) is 50.8 Å². The van der Waals surface area contributed by atoms with Gasteiger partial charge in [-0.25, -0.2) is 0 Å². The average Bonchev–Trinajstić information content (AvgIpc) is 3.60. The van der Waals surface area contributed by atoms with Gasteiger partial charge in [-0.3, -0.25) is 29.0 Å². The highest BCUT2D eigenvalue weighted by molar-refractivity contribution is 8.18. The molecule has 166 valence electrons. The third-order valence-electron chi connectivity index (χ3n) is 5.22. The van der Waals surface area contributed by atoms with Crippen LogP contribution >= 0.6 is 45.8 Å². The van der Waals surface area contributed by atoms with Crippen molar-refractivity contribution in [1.29, 1.82) is 0 Å². The molecule has 5 rings (SSSR count). The molecule has 5 heterocycles. The van der Waals surface area contributed by atoms with Gasteiger partial charge in [0.05, 0.1) is 11.3 Å². The quantitative estimate of drug-likeness (QED) is 0.334. The summed E-state index contributed by atoms with van der Waals surface area (Å²) in [6, 6.07) is 12.1. The molecule has 3 aromatic rings. The normalized spacial score (nSPS) is 19.2. The SMILES string of the molecule is CN1C(=O)S/C(=C\c2ccc(-c3ccc(-c4ccc(/C=C5\CC(=O)N(C)C5=O)s4)s3)s2)C1=O. The number of hydrogen-bond donors (Lipinski definition) is 0. The van der Waals surface area contributed by atoms with Crippen LogP contribution in [0.25, 0.3) is 31.7 Å². The Bertz CT molecular complexity index is 1290. The highest BCUT2D eigenvalue weighted by atomic mass is 32.2. The molecule has 0 spiro atoms. The van der Waals surface area contributed by atoms with E-state index in [2.05, 4.69) is 12.1 Å². The molecule has 0 N–H and O–H groups in total. The number of thiophene rings is 3. The van der Waals surface area contributed by atoms with Crippen LogP contribution in [0.1, 0.15) is 16.2 Å². The monoisotopic (exact) mass is 512 g/mol. The molecule has 33 heavy (non-hydrogen) atoms. The van der Waals surface area contributed by atoms with E-state index in [1.807, 2.05) is 24.3 Å². The van der Waals surface area contributed by atoms with E-state index < -0.39 is 0 Å². The second-order valence-corrected chi connectivity index (χ2v) is 11.7. The van der Waals surface area contributed by atoms with E-state index in [4.69, 9.17) is 0 Å². The maximum atomic E-state index is 12.1. The number of carbonyl (C=O) groups is 4. The van der Waals surface area contributed by atoms with E-state index in [1.165, 1.54) is 14.1 Å². The summed E-state index contributed by atoms with van der Waals surface area (Å²) < 4.78 is 0. The summed E-state index contributed by atoms with van der Waals surface area (Å²) >= 11 is 5.78. The molecule has 10 heteroatoms. The lowest BCUT2D eigenvalue weighted by Gasteiger charge is -2.02. The van der Waals surface area contributed by atoms with Crippen molar-refractivity contribution in [3.63, 3.8) is 0 Å². The van der Waals surface area contributed by atoms with Crippen molar-refractivity contribution in [2.24, 2.45) is 0 Å². The van der Waals surface area contributed by atoms with Gasteiger partial charge in [-0.15, -0.1) is 34.0 Å². The van der Waals surface area contributed by atoms with Crippen molar-refractivity contribution < 1.29 is 19.2 Å². The van der Waals surface area contributed by atoms with Gasteiger partial charge in [-0.2, -0.15) is 0 Å². The first-order valence-electron chi connectivity index (χ1n) is 9.83. The van der Waals surface area contributed by atoms with Crippen molar-refractivity contribution in [3.8, 4) is 19.5 Å². The molecule has 0 aromatic carbocycles. The molecule has 0 aliphatic carbocycles. The van der Waals surface area contributed by atoms with Crippen LogP contribution in [0.5, 0.6) is 0 Å². The van der Waals surface area contributed by atoms with Gasteiger partial charge in [0.1, 0.15) is 0 Å². The van der Waals surface area contributed by atoms with Gasteiger partial charge in [0.2, 0.25) is 5.91 Å². The topological polar surface area (TPSA) is 74.8 Å². The van der Waals surface area contributed by atoms with E-state index in [-0.39, 0.29) is 29.4 Å². The van der Waals surface area contributed by atoms with Crippen molar-refractivity contribution in [3.05, 3.63) is 56.6 Å². The van der Waals surface area contributed by atoms with Gasteiger partial charge in [-0.1, -0.05) is 0 Å². The highest BCUT2D eigenvalue weighted by Crippen LogP contribution is 2.41. The molecule has 6 nitrogen and oxygen atoms in total. The Morgan fingerprint density at radius 3 is 1.76 bits per heavy atom. The molecule has 0 bridgehead atoms. The summed E-state index contributed by atoms with van der Waals surface area (Å²) in [4.78, 5) is 56.6. The van der Waals surface area contributed by atoms with Gasteiger partial charge in [0, 0.05) is 48.9 Å². The Balaban J connectivity index is 1.34. The zero-order chi connectivity index (χ0) is 23.3. The Morgan fingerprint density at radius 2 is 1.24 bits per heavy atom. The zero-order valence-electron chi connectivity index (χ0n) is 17.5. The molecule has 3 aromatic heterocycles. The van der Waals surface area contributed by atoms with Crippen LogP contribution in [0, 0.1) is 0 Å². The van der Waals surface area contributed by atoms with E-state index in [0.29, 0.717) is 10.5 Å². The Kier molecular flexibility index (Phi) is 5.69. The summed E-state index contributed by atoms with van der Waals surface area (Å²) in [6.07, 6.45) is 3.72. The molecular weight excluding hydrogens is 497 g/mol. The number of thioether (sulfide) groups is 1. The first-order valence-corrected chi connectivity index (χ1v) is 13.1. The zero-order valence-corrected chi connectivity index (χ0v) is 20.8. The molecule has 4 amide bonds. The summed E-state index contributed by atoms with van der Waals surface area (Å²) in [6.45, 7) is 0. The number of likely N-dealkylation sites (tertiary alicyclic amines) is 1. The molecule has 2 fully saturated rings. The summed E-state index contributed by atoms with van der Waals surface area (Å²) in [5, 5.41) is -0.257. The fraction of sp³-hybridized carbons (Fsp3) is 0.130. The minimum atomic E-state index is -0.267. The number of imide groups is 2. The van der Waals surface area contributed by atoms with Gasteiger partial charge in [0.25, 0.3) is 17.1 Å². The van der Waals surface area contributed by atoms with Crippen molar-refractivity contribution in [2.45, 2.75) is 6.42 Å². The molecule has 0 unspecified atom stereocenters. The van der Waals surface area contributed by atoms with Crippen LogP contribution in [0.15, 0.2) is 46.9 Å². The number of nitrogens with zero attached hydrogens (tertiary/aromatic N) is 2. The Labute approximate surface area is 205 Å². The minimum absolute atomic E-state index is 0.150. The van der Waals surface area contributed by atoms with Crippen molar-refractivity contribution >= 4 is 80.9 Å². The summed E-state index contributed by atoms with van der Waals surface area (Å²) in [5.41, 5.74) is 0.523. The molecule has 2 aliphatic heterocycles. The van der Waals surface area contributed by atoms with Gasteiger partial charge >= 0.3 is 0 Å². The van der Waals surface area contributed by atoms with Gasteiger partial charge < -0.3 is 0 Å². The molecule has 2 aliphatic rings. The molecule has 0 saturated carbocycles. The largest absolute Gasteiger partial charge is 0.293 e. The second-order valence-electron chi connectivity index (χ2n) is 7.41.